The standard InChI is InChI=1S/C12H17ClN4O3/c1-20-5-4-15-11(18)2-3-16-12(19)8-6-9(13)17-10(14)7-8/h6-7H,2-5H2,1H3,(H2,14,17)(H,15,18)(H,16,19). The molecule has 0 unspecified atom stereocenters. The molecule has 0 saturated heterocycles. The lowest BCUT2D eigenvalue weighted by atomic mass is 10.2. The van der Waals surface area contributed by atoms with Gasteiger partial charge in [-0.25, -0.2) is 4.98 Å². The van der Waals surface area contributed by atoms with Crippen LogP contribution in [0.1, 0.15) is 16.8 Å². The Morgan fingerprint density at radius 1 is 1.35 bits per heavy atom. The van der Waals surface area contributed by atoms with Gasteiger partial charge in [-0.3, -0.25) is 9.59 Å². The molecule has 0 atom stereocenters. The first-order valence-corrected chi connectivity index (χ1v) is 6.37. The number of anilines is 1. The van der Waals surface area contributed by atoms with Gasteiger partial charge in [0.25, 0.3) is 5.91 Å². The van der Waals surface area contributed by atoms with Crippen molar-refractivity contribution in [3.05, 3.63) is 22.8 Å². The van der Waals surface area contributed by atoms with Crippen molar-refractivity contribution < 1.29 is 14.3 Å². The monoisotopic (exact) mass is 300 g/mol. The molecule has 0 bridgehead atoms. The van der Waals surface area contributed by atoms with E-state index in [1.54, 1.807) is 7.11 Å². The summed E-state index contributed by atoms with van der Waals surface area (Å²) in [5.74, 6) is -0.347. The van der Waals surface area contributed by atoms with E-state index in [1.165, 1.54) is 12.1 Å². The highest BCUT2D eigenvalue weighted by atomic mass is 35.5. The minimum atomic E-state index is -0.356. The van der Waals surface area contributed by atoms with Crippen LogP contribution in [0.25, 0.3) is 0 Å². The summed E-state index contributed by atoms with van der Waals surface area (Å²) < 4.78 is 4.80. The molecule has 0 aliphatic heterocycles. The third-order valence-electron chi connectivity index (χ3n) is 2.34. The number of aromatic nitrogens is 1. The highest BCUT2D eigenvalue weighted by Crippen LogP contribution is 2.11. The van der Waals surface area contributed by atoms with E-state index in [0.717, 1.165) is 0 Å². The van der Waals surface area contributed by atoms with Crippen LogP contribution in [0.15, 0.2) is 12.1 Å². The van der Waals surface area contributed by atoms with E-state index in [0.29, 0.717) is 18.7 Å². The number of hydrogen-bond acceptors (Lipinski definition) is 5. The second-order valence-electron chi connectivity index (χ2n) is 3.95. The maximum absolute atomic E-state index is 11.8. The molecule has 0 aromatic carbocycles. The van der Waals surface area contributed by atoms with Gasteiger partial charge in [0.05, 0.1) is 6.61 Å². The first kappa shape index (κ1) is 16.2. The highest BCUT2D eigenvalue weighted by molar-refractivity contribution is 6.29. The Morgan fingerprint density at radius 2 is 2.10 bits per heavy atom. The molecule has 1 heterocycles. The van der Waals surface area contributed by atoms with Crippen molar-refractivity contribution in [2.75, 3.05) is 32.5 Å². The summed E-state index contributed by atoms with van der Waals surface area (Å²) in [5, 5.41) is 5.40. The number of amides is 2. The van der Waals surface area contributed by atoms with E-state index in [9.17, 15) is 9.59 Å². The Bertz CT molecular complexity index is 462. The fraction of sp³-hybridized carbons (Fsp3) is 0.417. The summed E-state index contributed by atoms with van der Waals surface area (Å²) in [6, 6.07) is 2.83. The molecule has 0 saturated carbocycles. The zero-order chi connectivity index (χ0) is 15.0. The fourth-order valence-electron chi connectivity index (χ4n) is 1.42. The van der Waals surface area contributed by atoms with Crippen LogP contribution in [-0.4, -0.2) is 43.6 Å². The molecule has 1 aromatic rings. The zero-order valence-electron chi connectivity index (χ0n) is 11.1. The molecule has 1 rings (SSSR count). The molecule has 110 valence electrons. The molecule has 0 aliphatic carbocycles. The molecule has 4 N–H and O–H groups in total. The van der Waals surface area contributed by atoms with Gasteiger partial charge in [0.1, 0.15) is 11.0 Å². The van der Waals surface area contributed by atoms with Crippen LogP contribution in [-0.2, 0) is 9.53 Å². The van der Waals surface area contributed by atoms with Gasteiger partial charge in [-0.1, -0.05) is 11.6 Å². The quantitative estimate of drug-likeness (QED) is 0.493. The summed E-state index contributed by atoms with van der Waals surface area (Å²) in [6.45, 7) is 1.12. The maximum Gasteiger partial charge on any atom is 0.251 e. The van der Waals surface area contributed by atoms with Crippen LogP contribution in [0, 0.1) is 0 Å². The van der Waals surface area contributed by atoms with Crippen molar-refractivity contribution in [3.63, 3.8) is 0 Å². The van der Waals surface area contributed by atoms with Crippen molar-refractivity contribution in [3.8, 4) is 0 Å². The van der Waals surface area contributed by atoms with Crippen LogP contribution < -0.4 is 16.4 Å². The van der Waals surface area contributed by atoms with Gasteiger partial charge in [-0.15, -0.1) is 0 Å². The van der Waals surface area contributed by atoms with Gasteiger partial charge < -0.3 is 21.1 Å². The predicted octanol–water partition coefficient (Wildman–Crippen LogP) is 0.200. The van der Waals surface area contributed by atoms with Crippen LogP contribution in [0.5, 0.6) is 0 Å². The second kappa shape index (κ2) is 8.34. The fourth-order valence-corrected chi connectivity index (χ4v) is 1.64. The molecule has 0 radical (unpaired) electrons. The van der Waals surface area contributed by atoms with E-state index in [2.05, 4.69) is 15.6 Å². The van der Waals surface area contributed by atoms with Gasteiger partial charge >= 0.3 is 0 Å². The number of nitrogen functional groups attached to an aromatic ring is 1. The molecular formula is C12H17ClN4O3. The third kappa shape index (κ3) is 5.85. The van der Waals surface area contributed by atoms with Crippen LogP contribution >= 0.6 is 11.6 Å². The number of carbonyl (C=O) groups is 2. The van der Waals surface area contributed by atoms with Crippen molar-refractivity contribution >= 4 is 29.2 Å². The maximum atomic E-state index is 11.8. The first-order chi connectivity index (χ1) is 9.52. The Morgan fingerprint density at radius 3 is 2.75 bits per heavy atom. The summed E-state index contributed by atoms with van der Waals surface area (Å²) in [5.41, 5.74) is 5.80. The molecule has 7 nitrogen and oxygen atoms in total. The van der Waals surface area contributed by atoms with E-state index in [-0.39, 0.29) is 35.8 Å². The number of ether oxygens (including phenoxy) is 1. The number of halogens is 1. The van der Waals surface area contributed by atoms with Crippen LogP contribution in [0.4, 0.5) is 5.82 Å². The Kier molecular flexibility index (Phi) is 6.75. The largest absolute Gasteiger partial charge is 0.384 e. The van der Waals surface area contributed by atoms with Gasteiger partial charge in [0.15, 0.2) is 0 Å². The number of nitrogens with zero attached hydrogens (tertiary/aromatic N) is 1. The van der Waals surface area contributed by atoms with E-state index >= 15 is 0 Å². The topological polar surface area (TPSA) is 106 Å². The third-order valence-corrected chi connectivity index (χ3v) is 2.54. The molecule has 0 spiro atoms. The van der Waals surface area contributed by atoms with Gasteiger partial charge in [0.2, 0.25) is 5.91 Å². The molecule has 8 heteroatoms. The molecule has 0 fully saturated rings. The predicted molar refractivity (Wildman–Crippen MR) is 75.5 cm³/mol. The summed E-state index contributed by atoms with van der Waals surface area (Å²) in [6.07, 6.45) is 0.184. The van der Waals surface area contributed by atoms with Gasteiger partial charge in [-0.05, 0) is 12.1 Å². The number of nitrogens with one attached hydrogen (secondary N) is 2. The number of rotatable bonds is 7. The number of pyridine rings is 1. The number of hydrogen-bond donors (Lipinski definition) is 3. The van der Waals surface area contributed by atoms with E-state index in [4.69, 9.17) is 22.1 Å². The van der Waals surface area contributed by atoms with Crippen LogP contribution in [0.3, 0.4) is 0 Å². The van der Waals surface area contributed by atoms with Crippen molar-refractivity contribution in [1.82, 2.24) is 15.6 Å². The second-order valence-corrected chi connectivity index (χ2v) is 4.34. The van der Waals surface area contributed by atoms with Crippen LogP contribution in [0.2, 0.25) is 5.15 Å². The summed E-state index contributed by atoms with van der Waals surface area (Å²) >= 11 is 5.70. The average molecular weight is 301 g/mol. The van der Waals surface area contributed by atoms with Crippen molar-refractivity contribution in [2.45, 2.75) is 6.42 Å². The number of carbonyl (C=O) groups excluding carboxylic acids is 2. The minimum Gasteiger partial charge on any atom is -0.384 e. The van der Waals surface area contributed by atoms with Crippen molar-refractivity contribution in [2.24, 2.45) is 0 Å². The molecule has 20 heavy (non-hydrogen) atoms. The SMILES string of the molecule is COCCNC(=O)CCNC(=O)c1cc(N)nc(Cl)c1. The van der Waals surface area contributed by atoms with E-state index in [1.807, 2.05) is 0 Å². The normalized spacial score (nSPS) is 10.1. The Balaban J connectivity index is 2.34. The molecule has 2 amide bonds. The molecule has 1 aromatic heterocycles. The zero-order valence-corrected chi connectivity index (χ0v) is 11.9. The Hall–Kier alpha value is -1.86. The van der Waals surface area contributed by atoms with Gasteiger partial charge in [0, 0.05) is 32.2 Å². The summed E-state index contributed by atoms with van der Waals surface area (Å²) in [4.78, 5) is 26.9. The lowest BCUT2D eigenvalue weighted by Crippen LogP contribution is -2.32. The minimum absolute atomic E-state index is 0.146. The number of nitrogens with two attached hydrogens (primary N) is 1. The highest BCUT2D eigenvalue weighted by Gasteiger charge is 2.08. The summed E-state index contributed by atoms with van der Waals surface area (Å²) in [7, 11) is 1.55. The number of methoxy groups -OCH3 is 1. The van der Waals surface area contributed by atoms with E-state index < -0.39 is 0 Å². The van der Waals surface area contributed by atoms with Gasteiger partial charge in [-0.2, -0.15) is 0 Å². The average Bonchev–Trinajstić information content (AvgIpc) is 2.37. The molecular weight excluding hydrogens is 284 g/mol. The lowest BCUT2D eigenvalue weighted by molar-refractivity contribution is -0.121. The van der Waals surface area contributed by atoms with Crippen molar-refractivity contribution in [1.29, 1.82) is 0 Å². The lowest BCUT2D eigenvalue weighted by Gasteiger charge is -2.07. The smallest absolute Gasteiger partial charge is 0.251 e. The Labute approximate surface area is 121 Å². The first-order valence-electron chi connectivity index (χ1n) is 6.00. The molecule has 0 aliphatic rings.